The third-order valence-corrected chi connectivity index (χ3v) is 3.35. The molecule has 1 rings (SSSR count). The number of rotatable bonds is 10. The molecule has 1 aromatic rings. The lowest BCUT2D eigenvalue weighted by Gasteiger charge is -2.04. The number of aromatic nitrogens is 1. The molecule has 0 aliphatic carbocycles. The van der Waals surface area contributed by atoms with Crippen LogP contribution < -0.4 is 0 Å². The summed E-state index contributed by atoms with van der Waals surface area (Å²) in [7, 11) is 0. The van der Waals surface area contributed by atoms with E-state index in [-0.39, 0.29) is 0 Å². The third kappa shape index (κ3) is 6.94. The van der Waals surface area contributed by atoms with Crippen molar-refractivity contribution in [3.8, 4) is 0 Å². The van der Waals surface area contributed by atoms with Crippen molar-refractivity contribution in [3.63, 3.8) is 0 Å². The van der Waals surface area contributed by atoms with Crippen LogP contribution in [-0.4, -0.2) is 15.9 Å². The zero-order valence-electron chi connectivity index (χ0n) is 12.0. The first-order chi connectivity index (χ1) is 9.38. The lowest BCUT2D eigenvalue weighted by Crippen LogP contribution is -2.03. The summed E-state index contributed by atoms with van der Waals surface area (Å²) in [4.78, 5) is 4.21. The van der Waals surface area contributed by atoms with Gasteiger partial charge in [0.05, 0.1) is 5.69 Å². The maximum atomic E-state index is 9.03. The Morgan fingerprint density at radius 1 is 1.05 bits per heavy atom. The minimum atomic E-state index is 0.701. The molecular formula is C16H26N2O. The molecule has 0 atom stereocenters. The van der Waals surface area contributed by atoms with Gasteiger partial charge in [0, 0.05) is 6.20 Å². The second-order valence-electron chi connectivity index (χ2n) is 4.99. The Hall–Kier alpha value is -1.38. The predicted molar refractivity (Wildman–Crippen MR) is 79.8 cm³/mol. The van der Waals surface area contributed by atoms with Gasteiger partial charge >= 0.3 is 0 Å². The molecule has 0 aliphatic rings. The van der Waals surface area contributed by atoms with Gasteiger partial charge in [-0.2, -0.15) is 0 Å². The average molecular weight is 262 g/mol. The topological polar surface area (TPSA) is 45.5 Å². The first-order valence-corrected chi connectivity index (χ1v) is 7.50. The van der Waals surface area contributed by atoms with Gasteiger partial charge in [-0.05, 0) is 25.0 Å². The van der Waals surface area contributed by atoms with Gasteiger partial charge in [-0.1, -0.05) is 63.1 Å². The maximum Gasteiger partial charge on any atom is 0.105 e. The van der Waals surface area contributed by atoms with Gasteiger partial charge in [-0.3, -0.25) is 4.98 Å². The molecule has 0 amide bonds. The maximum absolute atomic E-state index is 9.03. The normalized spacial score (nSPS) is 11.7. The Balaban J connectivity index is 2.11. The average Bonchev–Trinajstić information content (AvgIpc) is 2.47. The van der Waals surface area contributed by atoms with E-state index in [4.69, 9.17) is 5.21 Å². The molecule has 1 aromatic heterocycles. The quantitative estimate of drug-likeness (QED) is 0.285. The van der Waals surface area contributed by atoms with Crippen LogP contribution in [0.15, 0.2) is 29.6 Å². The van der Waals surface area contributed by atoms with Crippen LogP contribution in [0.2, 0.25) is 0 Å². The predicted octanol–water partition coefficient (Wildman–Crippen LogP) is 4.79. The van der Waals surface area contributed by atoms with Gasteiger partial charge in [0.25, 0.3) is 0 Å². The van der Waals surface area contributed by atoms with Gasteiger partial charge in [0.1, 0.15) is 5.71 Å². The van der Waals surface area contributed by atoms with E-state index in [9.17, 15) is 0 Å². The molecule has 0 bridgehead atoms. The minimum Gasteiger partial charge on any atom is -0.411 e. The monoisotopic (exact) mass is 262 g/mol. The summed E-state index contributed by atoms with van der Waals surface area (Å²) in [6.45, 7) is 2.24. The fraction of sp³-hybridized carbons (Fsp3) is 0.625. The van der Waals surface area contributed by atoms with Gasteiger partial charge in [0.2, 0.25) is 0 Å². The van der Waals surface area contributed by atoms with E-state index in [0.717, 1.165) is 18.5 Å². The molecule has 0 aromatic carbocycles. The molecule has 0 spiro atoms. The Morgan fingerprint density at radius 3 is 2.32 bits per heavy atom. The van der Waals surface area contributed by atoms with Crippen LogP contribution in [0.25, 0.3) is 0 Å². The molecule has 106 valence electrons. The van der Waals surface area contributed by atoms with E-state index < -0.39 is 0 Å². The second kappa shape index (κ2) is 10.5. The summed E-state index contributed by atoms with van der Waals surface area (Å²) in [5.74, 6) is 0. The van der Waals surface area contributed by atoms with E-state index in [2.05, 4.69) is 17.1 Å². The van der Waals surface area contributed by atoms with Crippen LogP contribution in [0, 0.1) is 0 Å². The van der Waals surface area contributed by atoms with Gasteiger partial charge in [-0.15, -0.1) is 0 Å². The largest absolute Gasteiger partial charge is 0.411 e. The number of hydrogen-bond donors (Lipinski definition) is 1. The molecule has 0 radical (unpaired) electrons. The van der Waals surface area contributed by atoms with Crippen molar-refractivity contribution in [1.29, 1.82) is 0 Å². The fourth-order valence-electron chi connectivity index (χ4n) is 2.19. The van der Waals surface area contributed by atoms with Crippen molar-refractivity contribution in [2.75, 3.05) is 0 Å². The standard InChI is InChI=1S/C16H26N2O/c1-2-3-4-5-6-7-8-9-13-16(18-19)15-12-10-11-14-17-15/h10-12,14,19H,2-9,13H2,1H3. The Bertz CT molecular complexity index is 349. The Morgan fingerprint density at radius 2 is 1.74 bits per heavy atom. The van der Waals surface area contributed by atoms with Crippen molar-refractivity contribution in [3.05, 3.63) is 30.1 Å². The highest BCUT2D eigenvalue weighted by Gasteiger charge is 2.04. The number of hydrogen-bond acceptors (Lipinski definition) is 3. The van der Waals surface area contributed by atoms with Crippen LogP contribution in [0.3, 0.4) is 0 Å². The van der Waals surface area contributed by atoms with Crippen molar-refractivity contribution in [1.82, 2.24) is 4.98 Å². The van der Waals surface area contributed by atoms with E-state index in [0.29, 0.717) is 5.71 Å². The highest BCUT2D eigenvalue weighted by atomic mass is 16.4. The van der Waals surface area contributed by atoms with E-state index in [1.165, 1.54) is 44.9 Å². The summed E-state index contributed by atoms with van der Waals surface area (Å²) in [6, 6.07) is 5.68. The van der Waals surface area contributed by atoms with Crippen molar-refractivity contribution in [2.24, 2.45) is 5.16 Å². The molecule has 1 heterocycles. The SMILES string of the molecule is CCCCCCCCCCC(=NO)c1ccccn1. The summed E-state index contributed by atoms with van der Waals surface area (Å²) in [5, 5.41) is 12.4. The van der Waals surface area contributed by atoms with E-state index >= 15 is 0 Å². The third-order valence-electron chi connectivity index (χ3n) is 3.35. The smallest absolute Gasteiger partial charge is 0.105 e. The van der Waals surface area contributed by atoms with Crippen LogP contribution in [-0.2, 0) is 0 Å². The molecule has 0 unspecified atom stereocenters. The zero-order valence-corrected chi connectivity index (χ0v) is 12.0. The number of unbranched alkanes of at least 4 members (excludes halogenated alkanes) is 7. The van der Waals surface area contributed by atoms with Crippen LogP contribution in [0.1, 0.15) is 70.4 Å². The van der Waals surface area contributed by atoms with Gasteiger partial charge in [-0.25, -0.2) is 0 Å². The number of oxime groups is 1. The zero-order chi connectivity index (χ0) is 13.8. The summed E-state index contributed by atoms with van der Waals surface area (Å²) in [5.41, 5.74) is 1.49. The minimum absolute atomic E-state index is 0.701. The molecule has 0 fully saturated rings. The summed E-state index contributed by atoms with van der Waals surface area (Å²) in [6.07, 6.45) is 12.8. The lowest BCUT2D eigenvalue weighted by molar-refractivity contribution is 0.317. The van der Waals surface area contributed by atoms with Crippen LogP contribution >= 0.6 is 0 Å². The van der Waals surface area contributed by atoms with E-state index in [1.807, 2.05) is 18.2 Å². The molecule has 3 nitrogen and oxygen atoms in total. The molecule has 1 N–H and O–H groups in total. The Kier molecular flexibility index (Phi) is 8.69. The van der Waals surface area contributed by atoms with Crippen LogP contribution in [0.4, 0.5) is 0 Å². The second-order valence-corrected chi connectivity index (χ2v) is 4.99. The Labute approximate surface area is 116 Å². The fourth-order valence-corrected chi connectivity index (χ4v) is 2.19. The molecule has 0 saturated carbocycles. The van der Waals surface area contributed by atoms with Gasteiger partial charge in [0.15, 0.2) is 0 Å². The number of pyridine rings is 1. The number of nitrogens with zero attached hydrogens (tertiary/aromatic N) is 2. The molecule has 0 aliphatic heterocycles. The first-order valence-electron chi connectivity index (χ1n) is 7.50. The highest BCUT2D eigenvalue weighted by Crippen LogP contribution is 2.11. The van der Waals surface area contributed by atoms with E-state index in [1.54, 1.807) is 6.20 Å². The van der Waals surface area contributed by atoms with Crippen molar-refractivity contribution >= 4 is 5.71 Å². The molecule has 19 heavy (non-hydrogen) atoms. The molecule has 3 heteroatoms. The summed E-state index contributed by atoms with van der Waals surface area (Å²) >= 11 is 0. The first kappa shape index (κ1) is 15.7. The lowest BCUT2D eigenvalue weighted by atomic mass is 10.0. The van der Waals surface area contributed by atoms with Crippen molar-refractivity contribution < 1.29 is 5.21 Å². The highest BCUT2D eigenvalue weighted by molar-refractivity contribution is 5.98. The molecule has 0 saturated heterocycles. The van der Waals surface area contributed by atoms with Crippen LogP contribution in [0.5, 0.6) is 0 Å². The van der Waals surface area contributed by atoms with Gasteiger partial charge < -0.3 is 5.21 Å². The summed E-state index contributed by atoms with van der Waals surface area (Å²) < 4.78 is 0. The molecular weight excluding hydrogens is 236 g/mol. The van der Waals surface area contributed by atoms with Crippen molar-refractivity contribution in [2.45, 2.75) is 64.7 Å².